The van der Waals surface area contributed by atoms with Crippen molar-refractivity contribution in [2.75, 3.05) is 5.73 Å². The Hall–Kier alpha value is -1.09. The van der Waals surface area contributed by atoms with E-state index in [0.717, 1.165) is 24.3 Å². The number of hydrogen-bond donors (Lipinski definition) is 1. The lowest BCUT2D eigenvalue weighted by Gasteiger charge is -2.28. The van der Waals surface area contributed by atoms with Gasteiger partial charge < -0.3 is 10.5 Å². The predicted octanol–water partition coefficient (Wildman–Crippen LogP) is 3.89. The molecule has 0 amide bonds. The zero-order chi connectivity index (χ0) is 13.0. The van der Waals surface area contributed by atoms with Gasteiger partial charge in [-0.15, -0.1) is 0 Å². The van der Waals surface area contributed by atoms with Crippen molar-refractivity contribution >= 4 is 5.69 Å². The lowest BCUT2D eigenvalue weighted by atomic mass is 9.85. The largest absolute Gasteiger partial charge is 0.398 e. The average molecular weight is 251 g/mol. The third kappa shape index (κ3) is 3.45. The van der Waals surface area contributed by atoms with E-state index in [4.69, 9.17) is 10.5 Å². The fourth-order valence-electron chi connectivity index (χ4n) is 2.67. The van der Waals surface area contributed by atoms with E-state index >= 15 is 0 Å². The molecule has 1 saturated carbocycles. The van der Waals surface area contributed by atoms with Crippen molar-refractivity contribution in [1.29, 1.82) is 0 Å². The molecule has 1 aromatic rings. The number of rotatable bonds is 4. The zero-order valence-electron chi connectivity index (χ0n) is 11.0. The first-order chi connectivity index (χ1) is 8.69. The molecule has 3 heteroatoms. The smallest absolute Gasteiger partial charge is 0.125 e. The lowest BCUT2D eigenvalue weighted by molar-refractivity contribution is 0.00200. The number of nitrogen functional groups attached to an aromatic ring is 1. The van der Waals surface area contributed by atoms with Crippen LogP contribution >= 0.6 is 0 Å². The summed E-state index contributed by atoms with van der Waals surface area (Å²) < 4.78 is 18.8. The van der Waals surface area contributed by atoms with E-state index in [2.05, 4.69) is 6.92 Å². The van der Waals surface area contributed by atoms with E-state index in [0.29, 0.717) is 18.4 Å². The fourth-order valence-corrected chi connectivity index (χ4v) is 2.67. The molecule has 0 radical (unpaired) electrons. The highest BCUT2D eigenvalue weighted by Crippen LogP contribution is 2.29. The van der Waals surface area contributed by atoms with Gasteiger partial charge in [0.2, 0.25) is 0 Å². The summed E-state index contributed by atoms with van der Waals surface area (Å²) in [6.45, 7) is 2.73. The molecule has 2 nitrogen and oxygen atoms in total. The molecule has 0 bridgehead atoms. The second kappa shape index (κ2) is 6.19. The Balaban J connectivity index is 1.87. The molecule has 18 heavy (non-hydrogen) atoms. The van der Waals surface area contributed by atoms with Gasteiger partial charge in [0, 0.05) is 11.3 Å². The van der Waals surface area contributed by atoms with Crippen molar-refractivity contribution in [2.45, 2.75) is 51.7 Å². The summed E-state index contributed by atoms with van der Waals surface area (Å²) in [7, 11) is 0. The molecule has 0 heterocycles. The third-order valence-corrected chi connectivity index (χ3v) is 3.89. The first-order valence-electron chi connectivity index (χ1n) is 6.84. The van der Waals surface area contributed by atoms with Crippen LogP contribution in [0.3, 0.4) is 0 Å². The summed E-state index contributed by atoms with van der Waals surface area (Å²) in [5.74, 6) is 0.509. The molecule has 1 aromatic carbocycles. The molecule has 2 atom stereocenters. The summed E-state index contributed by atoms with van der Waals surface area (Å²) in [4.78, 5) is 0. The minimum absolute atomic E-state index is 0.292. The molecule has 1 fully saturated rings. The monoisotopic (exact) mass is 251 g/mol. The number of halogens is 1. The van der Waals surface area contributed by atoms with Gasteiger partial charge in [-0.2, -0.15) is 0 Å². The standard InChI is InChI=1S/C15H22FNO/c1-2-11-4-3-5-14(8-11)18-10-12-6-7-13(16)9-15(12)17/h6-7,9,11,14H,2-5,8,10,17H2,1H3. The van der Waals surface area contributed by atoms with Crippen molar-refractivity contribution < 1.29 is 9.13 Å². The Labute approximate surface area is 108 Å². The van der Waals surface area contributed by atoms with E-state index in [1.54, 1.807) is 6.07 Å². The fraction of sp³-hybridized carbons (Fsp3) is 0.600. The first-order valence-corrected chi connectivity index (χ1v) is 6.84. The van der Waals surface area contributed by atoms with E-state index in [-0.39, 0.29) is 5.82 Å². The van der Waals surface area contributed by atoms with Gasteiger partial charge in [-0.3, -0.25) is 0 Å². The molecule has 100 valence electrons. The Morgan fingerprint density at radius 3 is 2.94 bits per heavy atom. The second-order valence-corrected chi connectivity index (χ2v) is 5.22. The van der Waals surface area contributed by atoms with Gasteiger partial charge in [0.05, 0.1) is 12.7 Å². The van der Waals surface area contributed by atoms with Gasteiger partial charge in [-0.1, -0.05) is 32.3 Å². The van der Waals surface area contributed by atoms with Crippen LogP contribution in [0.1, 0.15) is 44.6 Å². The van der Waals surface area contributed by atoms with E-state index in [1.165, 1.54) is 31.4 Å². The summed E-state index contributed by atoms with van der Waals surface area (Å²) in [5.41, 5.74) is 7.14. The Kier molecular flexibility index (Phi) is 4.59. The van der Waals surface area contributed by atoms with Gasteiger partial charge in [0.25, 0.3) is 0 Å². The van der Waals surface area contributed by atoms with Crippen LogP contribution in [0.15, 0.2) is 18.2 Å². The van der Waals surface area contributed by atoms with Crippen LogP contribution in [0.2, 0.25) is 0 Å². The molecule has 0 spiro atoms. The number of benzene rings is 1. The van der Waals surface area contributed by atoms with Crippen molar-refractivity contribution in [3.05, 3.63) is 29.6 Å². The second-order valence-electron chi connectivity index (χ2n) is 5.22. The van der Waals surface area contributed by atoms with Gasteiger partial charge in [-0.25, -0.2) is 4.39 Å². The quantitative estimate of drug-likeness (QED) is 0.824. The minimum atomic E-state index is -0.292. The predicted molar refractivity (Wildman–Crippen MR) is 71.6 cm³/mol. The molecule has 0 saturated heterocycles. The molecule has 2 unspecified atom stereocenters. The summed E-state index contributed by atoms with van der Waals surface area (Å²) in [5, 5.41) is 0. The highest BCUT2D eigenvalue weighted by atomic mass is 19.1. The van der Waals surface area contributed by atoms with Crippen LogP contribution in [0.5, 0.6) is 0 Å². The molecule has 1 aliphatic rings. The van der Waals surface area contributed by atoms with Gasteiger partial charge >= 0.3 is 0 Å². The SMILES string of the molecule is CCC1CCCC(OCc2ccc(F)cc2N)C1. The summed E-state index contributed by atoms with van der Waals surface area (Å²) in [6, 6.07) is 4.50. The van der Waals surface area contributed by atoms with Crippen LogP contribution in [0.25, 0.3) is 0 Å². The van der Waals surface area contributed by atoms with E-state index in [1.807, 2.05) is 0 Å². The zero-order valence-corrected chi connectivity index (χ0v) is 11.0. The van der Waals surface area contributed by atoms with Gasteiger partial charge in [-0.05, 0) is 30.9 Å². The van der Waals surface area contributed by atoms with Gasteiger partial charge in [0.1, 0.15) is 5.82 Å². The first kappa shape index (κ1) is 13.3. The summed E-state index contributed by atoms with van der Waals surface area (Å²) in [6.07, 6.45) is 6.44. The third-order valence-electron chi connectivity index (χ3n) is 3.89. The van der Waals surface area contributed by atoms with Crippen LogP contribution in [0, 0.1) is 11.7 Å². The van der Waals surface area contributed by atoms with Gasteiger partial charge in [0.15, 0.2) is 0 Å². The van der Waals surface area contributed by atoms with Crippen LogP contribution in [-0.4, -0.2) is 6.10 Å². The highest BCUT2D eigenvalue weighted by molar-refractivity contribution is 5.46. The molecule has 2 N–H and O–H groups in total. The van der Waals surface area contributed by atoms with Crippen molar-refractivity contribution in [1.82, 2.24) is 0 Å². The van der Waals surface area contributed by atoms with Crippen LogP contribution in [0.4, 0.5) is 10.1 Å². The van der Waals surface area contributed by atoms with E-state index in [9.17, 15) is 4.39 Å². The number of anilines is 1. The molecular weight excluding hydrogens is 229 g/mol. The molecule has 1 aliphatic carbocycles. The lowest BCUT2D eigenvalue weighted by Crippen LogP contribution is -2.22. The van der Waals surface area contributed by atoms with Crippen LogP contribution in [-0.2, 0) is 11.3 Å². The molecule has 2 rings (SSSR count). The Bertz CT molecular complexity index is 394. The van der Waals surface area contributed by atoms with Crippen molar-refractivity contribution in [3.63, 3.8) is 0 Å². The average Bonchev–Trinajstić information content (AvgIpc) is 2.38. The number of ether oxygens (including phenoxy) is 1. The number of nitrogens with two attached hydrogens (primary N) is 1. The maximum absolute atomic E-state index is 12.9. The van der Waals surface area contributed by atoms with Crippen molar-refractivity contribution in [2.24, 2.45) is 5.92 Å². The number of hydrogen-bond acceptors (Lipinski definition) is 2. The normalized spacial score (nSPS) is 24.1. The molecule has 0 aromatic heterocycles. The maximum atomic E-state index is 12.9. The highest BCUT2D eigenvalue weighted by Gasteiger charge is 2.21. The topological polar surface area (TPSA) is 35.2 Å². The maximum Gasteiger partial charge on any atom is 0.125 e. The molecule has 0 aliphatic heterocycles. The van der Waals surface area contributed by atoms with Crippen LogP contribution < -0.4 is 5.73 Å². The Morgan fingerprint density at radius 1 is 1.39 bits per heavy atom. The Morgan fingerprint density at radius 2 is 2.22 bits per heavy atom. The molecular formula is C15H22FNO. The summed E-state index contributed by atoms with van der Waals surface area (Å²) >= 11 is 0. The minimum Gasteiger partial charge on any atom is -0.398 e. The van der Waals surface area contributed by atoms with E-state index < -0.39 is 0 Å². The van der Waals surface area contributed by atoms with Crippen molar-refractivity contribution in [3.8, 4) is 0 Å².